The molecule has 2 aliphatic heterocycles. The number of fused-ring (bicyclic) bond motifs is 1. The van der Waals surface area contributed by atoms with E-state index in [2.05, 4.69) is 0 Å². The lowest BCUT2D eigenvalue weighted by Gasteiger charge is -2.35. The predicted molar refractivity (Wildman–Crippen MR) is 117 cm³/mol. The van der Waals surface area contributed by atoms with Crippen molar-refractivity contribution in [3.63, 3.8) is 0 Å². The molecule has 0 unspecified atom stereocenters. The molecule has 2 aromatic rings. The van der Waals surface area contributed by atoms with Crippen molar-refractivity contribution in [2.75, 3.05) is 33.0 Å². The number of ether oxygens (including phenoxy) is 2. The van der Waals surface area contributed by atoms with Gasteiger partial charge in [0.05, 0.1) is 10.5 Å². The van der Waals surface area contributed by atoms with E-state index in [-0.39, 0.29) is 25.8 Å². The summed E-state index contributed by atoms with van der Waals surface area (Å²) in [4.78, 5) is 15.1. The van der Waals surface area contributed by atoms with E-state index < -0.39 is 10.0 Å². The maximum Gasteiger partial charge on any atom is 0.257 e. The summed E-state index contributed by atoms with van der Waals surface area (Å²) in [5.41, 5.74) is 5.20. The van der Waals surface area contributed by atoms with E-state index >= 15 is 0 Å². The molecule has 0 N–H and O–H groups in total. The monoisotopic (exact) mass is 444 g/mol. The summed E-state index contributed by atoms with van der Waals surface area (Å²) in [5, 5.41) is 0. The smallest absolute Gasteiger partial charge is 0.257 e. The van der Waals surface area contributed by atoms with Gasteiger partial charge in [-0.1, -0.05) is 6.07 Å². The Morgan fingerprint density at radius 1 is 0.839 bits per heavy atom. The average molecular weight is 445 g/mol. The minimum absolute atomic E-state index is 0.0970. The Hall–Kier alpha value is -2.58. The van der Waals surface area contributed by atoms with Gasteiger partial charge >= 0.3 is 0 Å². The van der Waals surface area contributed by atoms with Crippen LogP contribution in [0, 0.1) is 34.6 Å². The van der Waals surface area contributed by atoms with E-state index in [0.717, 1.165) is 27.8 Å². The van der Waals surface area contributed by atoms with Gasteiger partial charge in [0.1, 0.15) is 0 Å². The van der Waals surface area contributed by atoms with Crippen LogP contribution in [0.15, 0.2) is 23.1 Å². The largest absolute Gasteiger partial charge is 0.454 e. The SMILES string of the molecule is Cc1c(C)c(C)c(S(=O)(=O)N2CCN(C(=O)c3cccc4c3OCO4)CC2)c(C)c1C. The normalized spacial score (nSPS) is 16.6. The second-order valence-electron chi connectivity index (χ2n) is 8.19. The number of sulfonamides is 1. The summed E-state index contributed by atoms with van der Waals surface area (Å²) in [6, 6.07) is 5.23. The molecular weight excluding hydrogens is 416 g/mol. The standard InChI is InChI=1S/C23H28N2O5S/c1-14-15(2)17(4)22(18(5)16(14)3)31(27,28)25-11-9-24(10-12-25)23(26)19-7-6-8-20-21(19)30-13-29-20/h6-8H,9-13H2,1-5H3. The fourth-order valence-electron chi connectivity index (χ4n) is 4.38. The van der Waals surface area contributed by atoms with Crippen LogP contribution < -0.4 is 9.47 Å². The molecule has 8 heteroatoms. The number of para-hydroxylation sites is 1. The molecular formula is C23H28N2O5S. The van der Waals surface area contributed by atoms with Gasteiger partial charge in [-0.05, 0) is 74.6 Å². The van der Waals surface area contributed by atoms with Gasteiger partial charge in [-0.25, -0.2) is 8.42 Å². The second kappa shape index (κ2) is 7.84. The molecule has 0 atom stereocenters. The van der Waals surface area contributed by atoms with Crippen molar-refractivity contribution >= 4 is 15.9 Å². The number of piperazine rings is 1. The third-order valence-corrected chi connectivity index (χ3v) is 8.86. The Balaban J connectivity index is 1.56. The number of rotatable bonds is 3. The maximum absolute atomic E-state index is 13.5. The lowest BCUT2D eigenvalue weighted by Crippen LogP contribution is -2.50. The highest BCUT2D eigenvalue weighted by Gasteiger charge is 2.34. The van der Waals surface area contributed by atoms with Gasteiger partial charge in [0.2, 0.25) is 16.8 Å². The molecule has 2 aliphatic rings. The fourth-order valence-corrected chi connectivity index (χ4v) is 6.36. The van der Waals surface area contributed by atoms with Gasteiger partial charge in [0.25, 0.3) is 5.91 Å². The predicted octanol–water partition coefficient (Wildman–Crippen LogP) is 3.10. The summed E-state index contributed by atoms with van der Waals surface area (Å²) >= 11 is 0. The van der Waals surface area contributed by atoms with Crippen molar-refractivity contribution in [2.24, 2.45) is 0 Å². The topological polar surface area (TPSA) is 76.2 Å². The van der Waals surface area contributed by atoms with Crippen molar-refractivity contribution in [3.8, 4) is 11.5 Å². The first-order chi connectivity index (χ1) is 14.6. The van der Waals surface area contributed by atoms with Gasteiger partial charge in [0.15, 0.2) is 11.5 Å². The van der Waals surface area contributed by atoms with Crippen molar-refractivity contribution < 1.29 is 22.7 Å². The minimum atomic E-state index is -3.66. The third-order valence-electron chi connectivity index (χ3n) is 6.68. The zero-order valence-corrected chi connectivity index (χ0v) is 19.4. The Morgan fingerprint density at radius 2 is 1.42 bits per heavy atom. The van der Waals surface area contributed by atoms with E-state index in [1.165, 1.54) is 4.31 Å². The molecule has 4 rings (SSSR count). The zero-order chi connectivity index (χ0) is 22.5. The second-order valence-corrected chi connectivity index (χ2v) is 10.1. The van der Waals surface area contributed by atoms with E-state index in [1.807, 2.05) is 34.6 Å². The van der Waals surface area contributed by atoms with Gasteiger partial charge < -0.3 is 14.4 Å². The van der Waals surface area contributed by atoms with Crippen LogP contribution in [0.3, 0.4) is 0 Å². The van der Waals surface area contributed by atoms with Crippen LogP contribution in [0.4, 0.5) is 0 Å². The summed E-state index contributed by atoms with van der Waals surface area (Å²) in [6.07, 6.45) is 0. The lowest BCUT2D eigenvalue weighted by molar-refractivity contribution is 0.0693. The molecule has 7 nitrogen and oxygen atoms in total. The van der Waals surface area contributed by atoms with Crippen molar-refractivity contribution in [3.05, 3.63) is 51.6 Å². The molecule has 166 valence electrons. The molecule has 0 bridgehead atoms. The van der Waals surface area contributed by atoms with E-state index in [1.54, 1.807) is 23.1 Å². The first kappa shape index (κ1) is 21.6. The van der Waals surface area contributed by atoms with E-state index in [0.29, 0.717) is 35.0 Å². The first-order valence-corrected chi connectivity index (χ1v) is 11.8. The molecule has 0 aliphatic carbocycles. The number of carbonyl (C=O) groups excluding carboxylic acids is 1. The van der Waals surface area contributed by atoms with Crippen LogP contribution in [-0.4, -0.2) is 56.5 Å². The first-order valence-electron chi connectivity index (χ1n) is 10.4. The van der Waals surface area contributed by atoms with Crippen molar-refractivity contribution in [2.45, 2.75) is 39.5 Å². The molecule has 1 amide bonds. The summed E-state index contributed by atoms with van der Waals surface area (Å²) < 4.78 is 39.4. The molecule has 0 saturated carbocycles. The van der Waals surface area contributed by atoms with Crippen LogP contribution in [0.2, 0.25) is 0 Å². The molecule has 0 radical (unpaired) electrons. The average Bonchev–Trinajstić information content (AvgIpc) is 3.25. The van der Waals surface area contributed by atoms with Crippen molar-refractivity contribution in [1.29, 1.82) is 0 Å². The number of hydrogen-bond donors (Lipinski definition) is 0. The molecule has 1 saturated heterocycles. The zero-order valence-electron chi connectivity index (χ0n) is 18.6. The highest BCUT2D eigenvalue weighted by molar-refractivity contribution is 7.89. The van der Waals surface area contributed by atoms with Gasteiger partial charge in [-0.15, -0.1) is 0 Å². The Kier molecular flexibility index (Phi) is 5.47. The molecule has 2 heterocycles. The Bertz CT molecular complexity index is 1140. The number of nitrogens with zero attached hydrogens (tertiary/aromatic N) is 2. The summed E-state index contributed by atoms with van der Waals surface area (Å²) in [5.74, 6) is 0.844. The Morgan fingerprint density at radius 3 is 2.03 bits per heavy atom. The van der Waals surface area contributed by atoms with Crippen LogP contribution in [0.25, 0.3) is 0 Å². The third kappa shape index (κ3) is 3.47. The van der Waals surface area contributed by atoms with Gasteiger partial charge in [-0.2, -0.15) is 4.31 Å². The number of amides is 1. The van der Waals surface area contributed by atoms with Crippen LogP contribution in [0.5, 0.6) is 11.5 Å². The summed E-state index contributed by atoms with van der Waals surface area (Å²) in [7, 11) is -3.66. The quantitative estimate of drug-likeness (QED) is 0.727. The Labute approximate surface area is 183 Å². The summed E-state index contributed by atoms with van der Waals surface area (Å²) in [6.45, 7) is 11.0. The number of benzene rings is 2. The number of carbonyl (C=O) groups is 1. The molecule has 0 aromatic heterocycles. The molecule has 31 heavy (non-hydrogen) atoms. The van der Waals surface area contributed by atoms with Gasteiger partial charge in [0, 0.05) is 26.2 Å². The van der Waals surface area contributed by atoms with Crippen LogP contribution >= 0.6 is 0 Å². The van der Waals surface area contributed by atoms with E-state index in [4.69, 9.17) is 9.47 Å². The highest BCUT2D eigenvalue weighted by Crippen LogP contribution is 2.36. The maximum atomic E-state index is 13.5. The minimum Gasteiger partial charge on any atom is -0.454 e. The van der Waals surface area contributed by atoms with Crippen LogP contribution in [0.1, 0.15) is 38.2 Å². The van der Waals surface area contributed by atoms with E-state index in [9.17, 15) is 13.2 Å². The van der Waals surface area contributed by atoms with Gasteiger partial charge in [-0.3, -0.25) is 4.79 Å². The van der Waals surface area contributed by atoms with Crippen LogP contribution in [-0.2, 0) is 10.0 Å². The fraction of sp³-hybridized carbons (Fsp3) is 0.435. The lowest BCUT2D eigenvalue weighted by atomic mass is 9.95. The highest BCUT2D eigenvalue weighted by atomic mass is 32.2. The molecule has 0 spiro atoms. The molecule has 2 aromatic carbocycles. The number of hydrogen-bond acceptors (Lipinski definition) is 5. The van der Waals surface area contributed by atoms with Crippen molar-refractivity contribution in [1.82, 2.24) is 9.21 Å². The molecule has 1 fully saturated rings.